The van der Waals surface area contributed by atoms with E-state index in [1.807, 2.05) is 50.4 Å². The highest BCUT2D eigenvalue weighted by Crippen LogP contribution is 2.36. The molecule has 0 radical (unpaired) electrons. The Morgan fingerprint density at radius 3 is 2.65 bits per heavy atom. The smallest absolute Gasteiger partial charge is 0.254 e. The Morgan fingerprint density at radius 2 is 1.98 bits per heavy atom. The van der Waals surface area contributed by atoms with Crippen molar-refractivity contribution >= 4 is 34.3 Å². The Labute approximate surface area is 238 Å². The van der Waals surface area contributed by atoms with Crippen LogP contribution in [0.3, 0.4) is 0 Å². The Hall–Kier alpha value is -4.03. The van der Waals surface area contributed by atoms with Gasteiger partial charge in [0, 0.05) is 58.4 Å². The maximum atomic E-state index is 13.6. The molecule has 0 saturated carbocycles. The zero-order valence-corrected chi connectivity index (χ0v) is 24.1. The summed E-state index contributed by atoms with van der Waals surface area (Å²) in [6.45, 7) is 8.13. The summed E-state index contributed by atoms with van der Waals surface area (Å²) in [5.74, 6) is 0.276. The maximum absolute atomic E-state index is 13.6. The molecule has 4 aromatic rings. The first-order valence-electron chi connectivity index (χ1n) is 13.6. The standard InChI is InChI=1S/C31H34N6O2S/c1-19-15-28(40-4)26(30(38)35-19)18-34-31(39)29-21(3)37(27-8-6-5-7-25(27)29)20(2)22-11-13-36(14-12-22)24-10-9-23(16-32)33-17-24/h5-10,15,17,20,22H,11-14,18H2,1-4H3,(H,34,39)(H,35,38)/t20-/m1/s1. The van der Waals surface area contributed by atoms with Gasteiger partial charge in [-0.3, -0.25) is 9.59 Å². The highest BCUT2D eigenvalue weighted by Gasteiger charge is 2.29. The van der Waals surface area contributed by atoms with E-state index in [2.05, 4.69) is 43.8 Å². The lowest BCUT2D eigenvalue weighted by molar-refractivity contribution is 0.0951. The summed E-state index contributed by atoms with van der Waals surface area (Å²) in [5, 5.41) is 13.0. The van der Waals surface area contributed by atoms with Gasteiger partial charge < -0.3 is 19.8 Å². The molecule has 0 spiro atoms. The van der Waals surface area contributed by atoms with E-state index in [-0.39, 0.29) is 24.1 Å². The predicted molar refractivity (Wildman–Crippen MR) is 160 cm³/mol. The van der Waals surface area contributed by atoms with Gasteiger partial charge in [-0.2, -0.15) is 5.26 Å². The normalized spacial score (nSPS) is 14.7. The molecule has 3 aromatic heterocycles. The predicted octanol–water partition coefficient (Wildman–Crippen LogP) is 5.34. The van der Waals surface area contributed by atoms with Crippen LogP contribution in [0.25, 0.3) is 10.9 Å². The van der Waals surface area contributed by atoms with Crippen molar-refractivity contribution in [2.24, 2.45) is 5.92 Å². The van der Waals surface area contributed by atoms with E-state index in [1.54, 1.807) is 12.3 Å². The third-order valence-corrected chi connectivity index (χ3v) is 8.92. The average molecular weight is 555 g/mol. The third kappa shape index (κ3) is 5.24. The molecule has 0 unspecified atom stereocenters. The van der Waals surface area contributed by atoms with Crippen molar-refractivity contribution in [2.45, 2.75) is 51.1 Å². The van der Waals surface area contributed by atoms with Crippen LogP contribution >= 0.6 is 11.8 Å². The van der Waals surface area contributed by atoms with Gasteiger partial charge >= 0.3 is 0 Å². The van der Waals surface area contributed by atoms with E-state index >= 15 is 0 Å². The number of carbonyl (C=O) groups excluding carboxylic acids is 1. The van der Waals surface area contributed by atoms with Crippen LogP contribution in [-0.2, 0) is 6.54 Å². The zero-order chi connectivity index (χ0) is 28.4. The van der Waals surface area contributed by atoms with Gasteiger partial charge in [0.05, 0.1) is 17.4 Å². The number of nitrogens with one attached hydrogen (secondary N) is 2. The van der Waals surface area contributed by atoms with Crippen LogP contribution in [-0.4, -0.2) is 39.8 Å². The van der Waals surface area contributed by atoms with Crippen LogP contribution in [0.4, 0.5) is 5.69 Å². The number of thioether (sulfide) groups is 1. The van der Waals surface area contributed by atoms with Gasteiger partial charge in [-0.1, -0.05) is 18.2 Å². The monoisotopic (exact) mass is 554 g/mol. The SMILES string of the molecule is CSc1cc(C)[nH]c(=O)c1CNC(=O)c1c(C)n([C@H](C)C2CCN(c3ccc(C#N)nc3)CC2)c2ccccc12. The number of pyridine rings is 2. The van der Waals surface area contributed by atoms with Crippen molar-refractivity contribution in [2.75, 3.05) is 24.2 Å². The average Bonchev–Trinajstić information content (AvgIpc) is 3.27. The van der Waals surface area contributed by atoms with Crippen LogP contribution in [0.15, 0.2) is 58.4 Å². The highest BCUT2D eigenvalue weighted by atomic mass is 32.2. The van der Waals surface area contributed by atoms with Crippen molar-refractivity contribution in [3.63, 3.8) is 0 Å². The molecule has 0 aliphatic carbocycles. The minimum Gasteiger partial charge on any atom is -0.370 e. The topological polar surface area (TPSA) is 107 Å². The summed E-state index contributed by atoms with van der Waals surface area (Å²) in [5.41, 5.74) is 5.34. The molecule has 1 saturated heterocycles. The van der Waals surface area contributed by atoms with Gasteiger partial charge in [0.25, 0.3) is 11.5 Å². The zero-order valence-electron chi connectivity index (χ0n) is 23.3. The van der Waals surface area contributed by atoms with Gasteiger partial charge in [0.2, 0.25) is 0 Å². The van der Waals surface area contributed by atoms with Crippen LogP contribution in [0.5, 0.6) is 0 Å². The summed E-state index contributed by atoms with van der Waals surface area (Å²) in [4.78, 5) is 36.5. The Morgan fingerprint density at radius 1 is 1.23 bits per heavy atom. The van der Waals surface area contributed by atoms with Gasteiger partial charge in [-0.25, -0.2) is 4.98 Å². The number of aromatic nitrogens is 3. The first kappa shape index (κ1) is 27.5. The van der Waals surface area contributed by atoms with Crippen molar-refractivity contribution in [1.29, 1.82) is 5.26 Å². The molecule has 5 rings (SSSR count). The number of amides is 1. The molecule has 206 valence electrons. The van der Waals surface area contributed by atoms with E-state index < -0.39 is 0 Å². The van der Waals surface area contributed by atoms with Gasteiger partial charge in [-0.15, -0.1) is 11.8 Å². The number of nitrogens with zero attached hydrogens (tertiary/aromatic N) is 4. The highest BCUT2D eigenvalue weighted by molar-refractivity contribution is 7.98. The molecule has 1 aliphatic rings. The van der Waals surface area contributed by atoms with Crippen LogP contribution in [0.2, 0.25) is 0 Å². The first-order chi connectivity index (χ1) is 19.3. The van der Waals surface area contributed by atoms with Crippen molar-refractivity contribution in [3.05, 3.63) is 87.2 Å². The summed E-state index contributed by atoms with van der Waals surface area (Å²) in [6, 6.07) is 16.0. The number of hydrogen-bond acceptors (Lipinski definition) is 6. The molecular weight excluding hydrogens is 520 g/mol. The molecule has 1 aliphatic heterocycles. The number of carbonyl (C=O) groups is 1. The molecule has 40 heavy (non-hydrogen) atoms. The second-order valence-corrected chi connectivity index (χ2v) is 11.3. The Bertz CT molecular complexity index is 1640. The van der Waals surface area contributed by atoms with Crippen molar-refractivity contribution < 1.29 is 4.79 Å². The number of H-pyrrole nitrogens is 1. The van der Waals surface area contributed by atoms with E-state index in [9.17, 15) is 9.59 Å². The molecule has 1 atom stereocenters. The molecule has 1 aromatic carbocycles. The van der Waals surface area contributed by atoms with E-state index in [0.717, 1.165) is 58.8 Å². The van der Waals surface area contributed by atoms with Gasteiger partial charge in [0.1, 0.15) is 11.8 Å². The van der Waals surface area contributed by atoms with Crippen LogP contribution < -0.4 is 15.8 Å². The lowest BCUT2D eigenvalue weighted by Crippen LogP contribution is -2.36. The number of nitriles is 1. The Kier molecular flexibility index (Phi) is 7.99. The first-order valence-corrected chi connectivity index (χ1v) is 14.8. The molecule has 4 heterocycles. The molecule has 1 fully saturated rings. The number of para-hydroxylation sites is 1. The minimum atomic E-state index is -0.171. The third-order valence-electron chi connectivity index (χ3n) is 8.12. The summed E-state index contributed by atoms with van der Waals surface area (Å²) in [6.07, 6.45) is 5.75. The van der Waals surface area contributed by atoms with Gasteiger partial charge in [0.15, 0.2) is 0 Å². The number of hydrogen-bond donors (Lipinski definition) is 2. The lowest BCUT2D eigenvalue weighted by Gasteiger charge is -2.37. The fourth-order valence-electron chi connectivity index (χ4n) is 5.99. The van der Waals surface area contributed by atoms with E-state index in [1.165, 1.54) is 11.8 Å². The van der Waals surface area contributed by atoms with Gasteiger partial charge in [-0.05, 0) is 70.1 Å². The number of aromatic amines is 1. The molecule has 9 heteroatoms. The second-order valence-electron chi connectivity index (χ2n) is 10.4. The van der Waals surface area contributed by atoms with E-state index in [4.69, 9.17) is 5.26 Å². The minimum absolute atomic E-state index is 0.166. The maximum Gasteiger partial charge on any atom is 0.254 e. The largest absolute Gasteiger partial charge is 0.370 e. The summed E-state index contributed by atoms with van der Waals surface area (Å²) in [7, 11) is 0. The lowest BCUT2D eigenvalue weighted by atomic mass is 9.89. The number of anilines is 1. The quantitative estimate of drug-likeness (QED) is 0.299. The van der Waals surface area contributed by atoms with Crippen molar-refractivity contribution in [1.82, 2.24) is 19.9 Å². The molecule has 2 N–H and O–H groups in total. The summed E-state index contributed by atoms with van der Waals surface area (Å²) >= 11 is 1.51. The number of fused-ring (bicyclic) bond motifs is 1. The summed E-state index contributed by atoms with van der Waals surface area (Å²) < 4.78 is 2.32. The molecular formula is C31H34N6O2S. The molecule has 8 nitrogen and oxygen atoms in total. The number of piperidine rings is 1. The fourth-order valence-corrected chi connectivity index (χ4v) is 6.69. The Balaban J connectivity index is 1.36. The fraction of sp³-hybridized carbons (Fsp3) is 0.355. The molecule has 1 amide bonds. The number of benzene rings is 1. The second kappa shape index (κ2) is 11.6. The van der Waals surface area contributed by atoms with Crippen molar-refractivity contribution in [3.8, 4) is 6.07 Å². The van der Waals surface area contributed by atoms with Crippen LogP contribution in [0, 0.1) is 31.1 Å². The van der Waals surface area contributed by atoms with E-state index in [0.29, 0.717) is 22.7 Å². The van der Waals surface area contributed by atoms with Crippen LogP contribution in [0.1, 0.15) is 58.8 Å². The number of aryl methyl sites for hydroxylation is 1. The number of rotatable bonds is 7. The molecule has 0 bridgehead atoms.